The summed E-state index contributed by atoms with van der Waals surface area (Å²) >= 11 is 0. The maximum absolute atomic E-state index is 5.56. The maximum Gasteiger partial charge on any atom is 0.0863 e. The number of anilines is 2. The quantitative estimate of drug-likeness (QED) is 0.390. The van der Waals surface area contributed by atoms with Crippen molar-refractivity contribution in [2.45, 2.75) is 0 Å². The highest BCUT2D eigenvalue weighted by Gasteiger charge is 1.94. The van der Waals surface area contributed by atoms with Crippen LogP contribution in [0.2, 0.25) is 0 Å². The fourth-order valence-electron chi connectivity index (χ4n) is 0.677. The van der Waals surface area contributed by atoms with Crippen LogP contribution in [-0.4, -0.2) is 7.11 Å². The molecule has 4 heteroatoms. The Morgan fingerprint density at radius 3 is 2.73 bits per heavy atom. The van der Waals surface area contributed by atoms with Gasteiger partial charge in [0.2, 0.25) is 0 Å². The predicted octanol–water partition coefficient (Wildman–Crippen LogP) is 1.17. The smallest absolute Gasteiger partial charge is 0.0863 e. The van der Waals surface area contributed by atoms with E-state index in [1.54, 1.807) is 12.1 Å². The number of nitrogens with one attached hydrogen (secondary N) is 1. The zero-order valence-electron chi connectivity index (χ0n) is 6.20. The summed E-state index contributed by atoms with van der Waals surface area (Å²) in [6.45, 7) is 0. The van der Waals surface area contributed by atoms with Crippen LogP contribution in [-0.2, 0) is 9.88 Å². The second-order valence-electron chi connectivity index (χ2n) is 1.94. The van der Waals surface area contributed by atoms with Crippen molar-refractivity contribution < 1.29 is 9.88 Å². The van der Waals surface area contributed by atoms with Gasteiger partial charge in [-0.05, 0) is 12.1 Å². The number of hydrogen-bond acceptors (Lipinski definition) is 4. The van der Waals surface area contributed by atoms with Crippen LogP contribution in [0, 0.1) is 0 Å². The van der Waals surface area contributed by atoms with Crippen LogP contribution < -0.4 is 11.2 Å². The third-order valence-electron chi connectivity index (χ3n) is 1.20. The lowest BCUT2D eigenvalue weighted by molar-refractivity contribution is -0.248. The Labute approximate surface area is 64.8 Å². The summed E-state index contributed by atoms with van der Waals surface area (Å²) in [7, 11) is 1.41. The van der Waals surface area contributed by atoms with Crippen molar-refractivity contribution >= 4 is 11.4 Å². The van der Waals surface area contributed by atoms with Crippen molar-refractivity contribution in [3.63, 3.8) is 0 Å². The first-order chi connectivity index (χ1) is 5.34. The first-order valence-corrected chi connectivity index (χ1v) is 3.15. The van der Waals surface area contributed by atoms with Crippen LogP contribution in [0.25, 0.3) is 0 Å². The molecule has 0 bridgehead atoms. The molecular weight excluding hydrogens is 144 g/mol. The van der Waals surface area contributed by atoms with Gasteiger partial charge in [-0.15, -0.1) is 4.99 Å². The van der Waals surface area contributed by atoms with E-state index in [1.165, 1.54) is 7.11 Å². The van der Waals surface area contributed by atoms with Crippen LogP contribution in [0.4, 0.5) is 11.4 Å². The lowest BCUT2D eigenvalue weighted by Gasteiger charge is -2.04. The van der Waals surface area contributed by atoms with Crippen molar-refractivity contribution in [3.8, 4) is 0 Å². The van der Waals surface area contributed by atoms with E-state index in [0.29, 0.717) is 11.4 Å². The predicted molar refractivity (Wildman–Crippen MR) is 42.6 cm³/mol. The molecule has 4 nitrogen and oxygen atoms in total. The van der Waals surface area contributed by atoms with Crippen LogP contribution in [0.5, 0.6) is 0 Å². The summed E-state index contributed by atoms with van der Waals surface area (Å²) in [5, 5.41) is 0. The summed E-state index contributed by atoms with van der Waals surface area (Å²) in [6.07, 6.45) is 0. The number of nitrogens with two attached hydrogens (primary N) is 1. The van der Waals surface area contributed by atoms with Gasteiger partial charge in [-0.2, -0.15) is 0 Å². The molecule has 60 valence electrons. The Balaban J connectivity index is 2.62. The topological polar surface area (TPSA) is 56.5 Å². The van der Waals surface area contributed by atoms with Gasteiger partial charge in [-0.1, -0.05) is 12.1 Å². The van der Waals surface area contributed by atoms with E-state index in [2.05, 4.69) is 15.4 Å². The molecule has 0 heterocycles. The van der Waals surface area contributed by atoms with Gasteiger partial charge < -0.3 is 5.73 Å². The van der Waals surface area contributed by atoms with E-state index in [-0.39, 0.29) is 0 Å². The first kappa shape index (κ1) is 7.84. The van der Waals surface area contributed by atoms with Gasteiger partial charge >= 0.3 is 0 Å². The molecule has 0 unspecified atom stereocenters. The molecular formula is C7H10N2O2. The number of nitrogen functional groups attached to an aromatic ring is 1. The molecule has 0 aliphatic carbocycles. The Hall–Kier alpha value is -1.26. The van der Waals surface area contributed by atoms with Gasteiger partial charge in [-0.25, -0.2) is 10.4 Å². The van der Waals surface area contributed by atoms with Crippen LogP contribution in [0.3, 0.4) is 0 Å². The standard InChI is InChI=1S/C7H10N2O2/c1-10-11-9-7-5-3-2-4-6(7)8/h2-5,9H,8H2,1H3. The lowest BCUT2D eigenvalue weighted by Crippen LogP contribution is -2.01. The molecule has 1 aromatic rings. The van der Waals surface area contributed by atoms with Crippen LogP contribution >= 0.6 is 0 Å². The molecule has 11 heavy (non-hydrogen) atoms. The second kappa shape index (κ2) is 3.80. The molecule has 0 radical (unpaired) electrons. The minimum Gasteiger partial charge on any atom is -0.397 e. The molecule has 0 aromatic heterocycles. The van der Waals surface area contributed by atoms with E-state index in [4.69, 9.17) is 5.73 Å². The average Bonchev–Trinajstić information content (AvgIpc) is 2.03. The zero-order chi connectivity index (χ0) is 8.10. The lowest BCUT2D eigenvalue weighted by atomic mass is 10.3. The highest BCUT2D eigenvalue weighted by Crippen LogP contribution is 2.15. The minimum absolute atomic E-state index is 0.615. The molecule has 0 aliphatic heterocycles. The summed E-state index contributed by atoms with van der Waals surface area (Å²) in [4.78, 5) is 8.80. The van der Waals surface area contributed by atoms with E-state index in [1.807, 2.05) is 12.1 Å². The van der Waals surface area contributed by atoms with Crippen molar-refractivity contribution in [1.29, 1.82) is 0 Å². The minimum atomic E-state index is 0.615. The molecule has 1 rings (SSSR count). The molecule has 0 saturated carbocycles. The van der Waals surface area contributed by atoms with Gasteiger partial charge in [-0.3, -0.25) is 0 Å². The normalized spacial score (nSPS) is 9.55. The van der Waals surface area contributed by atoms with E-state index < -0.39 is 0 Å². The molecule has 0 amide bonds. The van der Waals surface area contributed by atoms with Crippen molar-refractivity contribution in [2.75, 3.05) is 18.3 Å². The Kier molecular flexibility index (Phi) is 2.71. The molecule has 0 atom stereocenters. The Morgan fingerprint density at radius 2 is 2.09 bits per heavy atom. The number of benzene rings is 1. The molecule has 3 N–H and O–H groups in total. The summed E-state index contributed by atoms with van der Waals surface area (Å²) in [5.74, 6) is 0. The molecule has 1 aromatic carbocycles. The molecule has 0 saturated heterocycles. The monoisotopic (exact) mass is 154 g/mol. The highest BCUT2D eigenvalue weighted by atomic mass is 17.3. The number of hydrogen-bond donors (Lipinski definition) is 2. The SMILES string of the molecule is COONc1ccccc1N. The third-order valence-corrected chi connectivity index (χ3v) is 1.20. The van der Waals surface area contributed by atoms with Crippen LogP contribution in [0.15, 0.2) is 24.3 Å². The highest BCUT2D eigenvalue weighted by molar-refractivity contribution is 5.64. The first-order valence-electron chi connectivity index (χ1n) is 3.15. The summed E-state index contributed by atoms with van der Waals surface area (Å²) < 4.78 is 0. The zero-order valence-corrected chi connectivity index (χ0v) is 6.20. The summed E-state index contributed by atoms with van der Waals surface area (Å²) in [6, 6.07) is 7.24. The Bertz CT molecular complexity index is 227. The molecule has 0 aliphatic rings. The largest absolute Gasteiger partial charge is 0.397 e. The molecule has 0 fully saturated rings. The van der Waals surface area contributed by atoms with Gasteiger partial charge in [0.15, 0.2) is 0 Å². The average molecular weight is 154 g/mol. The van der Waals surface area contributed by atoms with Crippen molar-refractivity contribution in [3.05, 3.63) is 24.3 Å². The summed E-state index contributed by atoms with van der Waals surface area (Å²) in [5.41, 5.74) is 9.38. The van der Waals surface area contributed by atoms with Gasteiger partial charge in [0, 0.05) is 0 Å². The van der Waals surface area contributed by atoms with Gasteiger partial charge in [0.25, 0.3) is 0 Å². The van der Waals surface area contributed by atoms with Gasteiger partial charge in [0.05, 0.1) is 18.5 Å². The van der Waals surface area contributed by atoms with Crippen molar-refractivity contribution in [1.82, 2.24) is 0 Å². The van der Waals surface area contributed by atoms with E-state index >= 15 is 0 Å². The van der Waals surface area contributed by atoms with E-state index in [0.717, 1.165) is 0 Å². The van der Waals surface area contributed by atoms with Crippen molar-refractivity contribution in [2.24, 2.45) is 0 Å². The van der Waals surface area contributed by atoms with Crippen LogP contribution in [0.1, 0.15) is 0 Å². The Morgan fingerprint density at radius 1 is 1.36 bits per heavy atom. The molecule has 0 spiro atoms. The fraction of sp³-hybridized carbons (Fsp3) is 0.143. The second-order valence-corrected chi connectivity index (χ2v) is 1.94. The van der Waals surface area contributed by atoms with E-state index in [9.17, 15) is 0 Å². The number of para-hydroxylation sites is 2. The number of rotatable bonds is 3. The fourth-order valence-corrected chi connectivity index (χ4v) is 0.677. The van der Waals surface area contributed by atoms with Gasteiger partial charge in [0.1, 0.15) is 0 Å². The maximum atomic E-state index is 5.56. The third kappa shape index (κ3) is 2.10.